The van der Waals surface area contributed by atoms with Gasteiger partial charge in [-0.3, -0.25) is 0 Å². The molecular formula is C13H20O3. The van der Waals surface area contributed by atoms with Crippen LogP contribution in [0.1, 0.15) is 51.4 Å². The Morgan fingerprint density at radius 1 is 1.31 bits per heavy atom. The van der Waals surface area contributed by atoms with E-state index < -0.39 is 6.16 Å². The summed E-state index contributed by atoms with van der Waals surface area (Å²) in [6.45, 7) is 0.322. The van der Waals surface area contributed by atoms with Crippen molar-refractivity contribution in [1.82, 2.24) is 0 Å². The van der Waals surface area contributed by atoms with E-state index in [1.165, 1.54) is 50.5 Å². The fourth-order valence-corrected chi connectivity index (χ4v) is 3.31. The first-order valence-corrected chi connectivity index (χ1v) is 6.28. The molecule has 0 aromatic rings. The summed E-state index contributed by atoms with van der Waals surface area (Å²) in [6.07, 6.45) is 11.0. The summed E-state index contributed by atoms with van der Waals surface area (Å²) in [5, 5.41) is 8.45. The van der Waals surface area contributed by atoms with Crippen molar-refractivity contribution in [3.63, 3.8) is 0 Å². The van der Waals surface area contributed by atoms with E-state index in [0.717, 1.165) is 6.42 Å². The van der Waals surface area contributed by atoms with E-state index in [2.05, 4.69) is 10.8 Å². The molecule has 1 spiro atoms. The second-order valence-electron chi connectivity index (χ2n) is 4.97. The molecule has 90 valence electrons. The fourth-order valence-electron chi connectivity index (χ4n) is 3.31. The minimum absolute atomic E-state index is 0.322. The van der Waals surface area contributed by atoms with Crippen molar-refractivity contribution in [2.24, 2.45) is 5.41 Å². The zero-order valence-corrected chi connectivity index (χ0v) is 9.71. The maximum absolute atomic E-state index is 10.3. The molecule has 1 saturated carbocycles. The van der Waals surface area contributed by atoms with Crippen LogP contribution in [-0.2, 0) is 4.74 Å². The first-order chi connectivity index (χ1) is 7.73. The Labute approximate surface area is 96.5 Å². The zero-order valence-electron chi connectivity index (χ0n) is 9.71. The number of ether oxygens (including phenoxy) is 1. The van der Waals surface area contributed by atoms with Crippen molar-refractivity contribution in [2.75, 3.05) is 6.61 Å². The Hall–Kier alpha value is -0.990. The third-order valence-corrected chi connectivity index (χ3v) is 4.10. The van der Waals surface area contributed by atoms with Crippen LogP contribution in [0.3, 0.4) is 0 Å². The van der Waals surface area contributed by atoms with Gasteiger partial charge in [-0.05, 0) is 31.1 Å². The Kier molecular flexibility index (Phi) is 3.52. The highest BCUT2D eigenvalue weighted by Gasteiger charge is 2.37. The van der Waals surface area contributed by atoms with E-state index in [1.807, 2.05) is 0 Å². The summed E-state index contributed by atoms with van der Waals surface area (Å²) in [7, 11) is 0. The summed E-state index contributed by atoms with van der Waals surface area (Å²) >= 11 is 0. The van der Waals surface area contributed by atoms with Gasteiger partial charge in [0.05, 0.1) is 6.61 Å². The maximum atomic E-state index is 10.3. The Balaban J connectivity index is 1.89. The van der Waals surface area contributed by atoms with Crippen molar-refractivity contribution in [3.8, 4) is 0 Å². The lowest BCUT2D eigenvalue weighted by atomic mass is 9.69. The fraction of sp³-hybridized carbons (Fsp3) is 0.769. The molecule has 1 N–H and O–H groups in total. The summed E-state index contributed by atoms with van der Waals surface area (Å²) < 4.78 is 4.61. The highest BCUT2D eigenvalue weighted by Crippen LogP contribution is 2.50. The van der Waals surface area contributed by atoms with Crippen LogP contribution in [0.2, 0.25) is 0 Å². The maximum Gasteiger partial charge on any atom is 0.505 e. The van der Waals surface area contributed by atoms with E-state index in [4.69, 9.17) is 5.11 Å². The predicted octanol–water partition coefficient (Wildman–Crippen LogP) is 3.74. The van der Waals surface area contributed by atoms with E-state index in [9.17, 15) is 4.79 Å². The average molecular weight is 224 g/mol. The normalized spacial score (nSPS) is 23.1. The number of allylic oxidation sites excluding steroid dienone is 1. The number of rotatable bonds is 3. The first-order valence-electron chi connectivity index (χ1n) is 6.28. The van der Waals surface area contributed by atoms with Crippen molar-refractivity contribution in [3.05, 3.63) is 11.6 Å². The van der Waals surface area contributed by atoms with E-state index in [0.29, 0.717) is 12.0 Å². The molecule has 2 aliphatic rings. The molecule has 0 saturated heterocycles. The Morgan fingerprint density at radius 2 is 2.06 bits per heavy atom. The summed E-state index contributed by atoms with van der Waals surface area (Å²) in [4.78, 5) is 10.3. The molecule has 3 nitrogen and oxygen atoms in total. The molecule has 0 unspecified atom stereocenters. The lowest BCUT2D eigenvalue weighted by molar-refractivity contribution is 0.0903. The first kappa shape index (κ1) is 11.5. The van der Waals surface area contributed by atoms with Gasteiger partial charge in [0, 0.05) is 6.42 Å². The van der Waals surface area contributed by atoms with Gasteiger partial charge in [-0.1, -0.05) is 30.9 Å². The molecule has 0 aromatic heterocycles. The molecule has 0 radical (unpaired) electrons. The predicted molar refractivity (Wildman–Crippen MR) is 61.4 cm³/mol. The van der Waals surface area contributed by atoms with Gasteiger partial charge in [0.2, 0.25) is 0 Å². The van der Waals surface area contributed by atoms with Gasteiger partial charge in [0.15, 0.2) is 0 Å². The van der Waals surface area contributed by atoms with Crippen LogP contribution >= 0.6 is 0 Å². The lowest BCUT2D eigenvalue weighted by Crippen LogP contribution is -2.24. The van der Waals surface area contributed by atoms with Crippen LogP contribution in [0.25, 0.3) is 0 Å². The number of carbonyl (C=O) groups is 1. The molecular weight excluding hydrogens is 204 g/mol. The Morgan fingerprint density at radius 3 is 2.75 bits per heavy atom. The number of carboxylic acid groups (broad SMARTS) is 1. The van der Waals surface area contributed by atoms with E-state index in [-0.39, 0.29) is 0 Å². The second-order valence-corrected chi connectivity index (χ2v) is 4.97. The quantitative estimate of drug-likeness (QED) is 0.586. The van der Waals surface area contributed by atoms with Crippen molar-refractivity contribution in [1.29, 1.82) is 0 Å². The van der Waals surface area contributed by atoms with Crippen molar-refractivity contribution < 1.29 is 14.6 Å². The number of hydrogen-bond acceptors (Lipinski definition) is 2. The molecule has 3 heteroatoms. The Bertz CT molecular complexity index is 288. The monoisotopic (exact) mass is 224 g/mol. The van der Waals surface area contributed by atoms with Gasteiger partial charge in [0.1, 0.15) is 0 Å². The third kappa shape index (κ3) is 2.39. The van der Waals surface area contributed by atoms with Crippen LogP contribution in [0.15, 0.2) is 11.6 Å². The molecule has 0 atom stereocenters. The molecule has 0 amide bonds. The van der Waals surface area contributed by atoms with Gasteiger partial charge in [-0.25, -0.2) is 4.79 Å². The largest absolute Gasteiger partial charge is 0.505 e. The zero-order chi connectivity index (χ0) is 11.4. The van der Waals surface area contributed by atoms with E-state index >= 15 is 0 Å². The molecule has 2 rings (SSSR count). The van der Waals surface area contributed by atoms with Crippen LogP contribution in [0.5, 0.6) is 0 Å². The van der Waals surface area contributed by atoms with E-state index in [1.54, 1.807) is 0 Å². The molecule has 2 aliphatic carbocycles. The molecule has 0 heterocycles. The summed E-state index contributed by atoms with van der Waals surface area (Å²) in [5.41, 5.74) is 1.88. The SMILES string of the molecule is O=C(O)OCCC1=CCCC12CCCCC2. The topological polar surface area (TPSA) is 46.5 Å². The molecule has 0 aromatic carbocycles. The van der Waals surface area contributed by atoms with Gasteiger partial charge < -0.3 is 9.84 Å². The molecule has 0 aliphatic heterocycles. The minimum atomic E-state index is -1.16. The van der Waals surface area contributed by atoms with Crippen molar-refractivity contribution >= 4 is 6.16 Å². The smallest absolute Gasteiger partial charge is 0.450 e. The number of hydrogen-bond donors (Lipinski definition) is 1. The minimum Gasteiger partial charge on any atom is -0.450 e. The highest BCUT2D eigenvalue weighted by molar-refractivity contribution is 5.56. The van der Waals surface area contributed by atoms with Crippen LogP contribution in [0, 0.1) is 5.41 Å². The summed E-state index contributed by atoms with van der Waals surface area (Å²) in [5.74, 6) is 0. The van der Waals surface area contributed by atoms with Gasteiger partial charge >= 0.3 is 6.16 Å². The molecule has 16 heavy (non-hydrogen) atoms. The molecule has 1 fully saturated rings. The second kappa shape index (κ2) is 4.89. The summed E-state index contributed by atoms with van der Waals surface area (Å²) in [6, 6.07) is 0. The van der Waals surface area contributed by atoms with Crippen LogP contribution in [-0.4, -0.2) is 17.9 Å². The van der Waals surface area contributed by atoms with Crippen LogP contribution in [0.4, 0.5) is 4.79 Å². The highest BCUT2D eigenvalue weighted by atomic mass is 16.7. The lowest BCUT2D eigenvalue weighted by Gasteiger charge is -2.36. The van der Waals surface area contributed by atoms with Gasteiger partial charge in [0.25, 0.3) is 0 Å². The average Bonchev–Trinajstić information content (AvgIpc) is 2.62. The van der Waals surface area contributed by atoms with Crippen LogP contribution < -0.4 is 0 Å². The van der Waals surface area contributed by atoms with Gasteiger partial charge in [-0.2, -0.15) is 0 Å². The van der Waals surface area contributed by atoms with Crippen molar-refractivity contribution in [2.45, 2.75) is 51.4 Å². The standard InChI is InChI=1S/C13H20O3/c14-12(15)16-10-6-11-5-4-9-13(11)7-2-1-3-8-13/h5H,1-4,6-10H2,(H,14,15). The molecule has 0 bridgehead atoms. The third-order valence-electron chi connectivity index (χ3n) is 4.10. The van der Waals surface area contributed by atoms with Gasteiger partial charge in [-0.15, -0.1) is 0 Å².